The lowest BCUT2D eigenvalue weighted by atomic mass is 10.2. The summed E-state index contributed by atoms with van der Waals surface area (Å²) in [5.41, 5.74) is 2.31. The first-order valence-corrected chi connectivity index (χ1v) is 10.5. The van der Waals surface area contributed by atoms with E-state index in [1.54, 1.807) is 24.3 Å². The average Bonchev–Trinajstić information content (AvgIpc) is 3.52. The van der Waals surface area contributed by atoms with Crippen molar-refractivity contribution in [2.45, 2.75) is 42.6 Å². The van der Waals surface area contributed by atoms with E-state index in [9.17, 15) is 4.79 Å². The first kappa shape index (κ1) is 19.2. The molecule has 6 nitrogen and oxygen atoms in total. The van der Waals surface area contributed by atoms with E-state index in [1.807, 2.05) is 25.1 Å². The zero-order chi connectivity index (χ0) is 20.2. The highest BCUT2D eigenvalue weighted by atomic mass is 32.2. The summed E-state index contributed by atoms with van der Waals surface area (Å²) in [5, 5.41) is 21.1. The summed E-state index contributed by atoms with van der Waals surface area (Å²) in [7, 11) is 0. The molecule has 2 aromatic carbocycles. The highest BCUT2D eigenvalue weighted by Crippen LogP contribution is 2.40. The predicted octanol–water partition coefficient (Wildman–Crippen LogP) is 4.19. The van der Waals surface area contributed by atoms with Crippen molar-refractivity contribution in [1.82, 2.24) is 14.8 Å². The van der Waals surface area contributed by atoms with Gasteiger partial charge in [0, 0.05) is 11.6 Å². The van der Waals surface area contributed by atoms with Crippen LogP contribution in [0.25, 0.3) is 0 Å². The minimum atomic E-state index is -0.355. The minimum Gasteiger partial charge on any atom is -0.325 e. The van der Waals surface area contributed by atoms with Gasteiger partial charge in [0.15, 0.2) is 5.16 Å². The maximum absolute atomic E-state index is 12.7. The van der Waals surface area contributed by atoms with E-state index < -0.39 is 0 Å². The number of nitrogens with one attached hydrogen (secondary N) is 1. The molecule has 1 saturated carbocycles. The average molecular weight is 404 g/mol. The van der Waals surface area contributed by atoms with Crippen LogP contribution in [-0.4, -0.2) is 25.9 Å². The molecule has 1 aliphatic carbocycles. The Morgan fingerprint density at radius 2 is 2.03 bits per heavy atom. The van der Waals surface area contributed by atoms with Crippen LogP contribution in [-0.2, 0) is 11.3 Å². The standard InChI is InChI=1S/C22H21N5OS/c1-15(21(28)24-19-9-5-8-17(12-19)13-23)29-22-26-25-20(18-10-11-18)27(22)14-16-6-3-2-4-7-16/h2-9,12,15,18H,10-11,14H2,1H3,(H,24,28). The quantitative estimate of drug-likeness (QED) is 0.598. The highest BCUT2D eigenvalue weighted by molar-refractivity contribution is 8.00. The topological polar surface area (TPSA) is 83.6 Å². The van der Waals surface area contributed by atoms with Gasteiger partial charge in [-0.1, -0.05) is 48.2 Å². The van der Waals surface area contributed by atoms with Crippen LogP contribution >= 0.6 is 11.8 Å². The molecule has 0 saturated heterocycles. The molecule has 1 N–H and O–H groups in total. The molecule has 1 unspecified atom stereocenters. The van der Waals surface area contributed by atoms with E-state index in [4.69, 9.17) is 5.26 Å². The van der Waals surface area contributed by atoms with Gasteiger partial charge in [-0.25, -0.2) is 0 Å². The second-order valence-electron chi connectivity index (χ2n) is 7.13. The number of aromatic nitrogens is 3. The first-order valence-electron chi connectivity index (χ1n) is 9.59. The summed E-state index contributed by atoms with van der Waals surface area (Å²) >= 11 is 1.41. The van der Waals surface area contributed by atoms with Gasteiger partial charge in [0.2, 0.25) is 5.91 Å². The third-order valence-electron chi connectivity index (χ3n) is 4.78. The van der Waals surface area contributed by atoms with Gasteiger partial charge < -0.3 is 9.88 Å². The number of rotatable bonds is 7. The van der Waals surface area contributed by atoms with Crippen molar-refractivity contribution in [3.8, 4) is 6.07 Å². The van der Waals surface area contributed by atoms with Crippen molar-refractivity contribution in [1.29, 1.82) is 5.26 Å². The zero-order valence-corrected chi connectivity index (χ0v) is 16.9. The molecule has 0 bridgehead atoms. The van der Waals surface area contributed by atoms with Crippen molar-refractivity contribution in [3.05, 3.63) is 71.5 Å². The fraction of sp³-hybridized carbons (Fsp3) is 0.273. The zero-order valence-electron chi connectivity index (χ0n) is 16.1. The Bertz CT molecular complexity index is 1050. The second kappa shape index (κ2) is 8.50. The van der Waals surface area contributed by atoms with E-state index >= 15 is 0 Å². The second-order valence-corrected chi connectivity index (χ2v) is 8.44. The van der Waals surface area contributed by atoms with Crippen molar-refractivity contribution in [3.63, 3.8) is 0 Å². The predicted molar refractivity (Wildman–Crippen MR) is 113 cm³/mol. The van der Waals surface area contributed by atoms with Crippen LogP contribution in [0.5, 0.6) is 0 Å². The smallest absolute Gasteiger partial charge is 0.237 e. The van der Waals surface area contributed by atoms with Gasteiger partial charge in [0.05, 0.1) is 23.4 Å². The SMILES string of the molecule is CC(Sc1nnc(C2CC2)n1Cc1ccccc1)C(=O)Nc1cccc(C#N)c1. The Labute approximate surface area is 174 Å². The van der Waals surface area contributed by atoms with Crippen LogP contribution in [0.4, 0.5) is 5.69 Å². The van der Waals surface area contributed by atoms with Gasteiger partial charge in [0.1, 0.15) is 5.82 Å². The number of anilines is 1. The molecule has 1 aromatic heterocycles. The first-order chi connectivity index (χ1) is 14.1. The number of carbonyl (C=O) groups is 1. The fourth-order valence-corrected chi connectivity index (χ4v) is 3.92. The Kier molecular flexibility index (Phi) is 5.63. The normalized spacial score (nSPS) is 14.2. The number of carbonyl (C=O) groups excluding carboxylic acids is 1. The van der Waals surface area contributed by atoms with E-state index in [0.717, 1.165) is 23.8 Å². The number of benzene rings is 2. The van der Waals surface area contributed by atoms with Crippen molar-refractivity contribution >= 4 is 23.4 Å². The lowest BCUT2D eigenvalue weighted by Gasteiger charge is -2.14. The molecule has 1 atom stereocenters. The lowest BCUT2D eigenvalue weighted by Crippen LogP contribution is -2.23. The minimum absolute atomic E-state index is 0.132. The number of amides is 1. The largest absolute Gasteiger partial charge is 0.325 e. The van der Waals surface area contributed by atoms with Crippen LogP contribution in [0.15, 0.2) is 59.8 Å². The highest BCUT2D eigenvalue weighted by Gasteiger charge is 2.31. The molecule has 0 aliphatic heterocycles. The van der Waals surface area contributed by atoms with Crippen LogP contribution in [0.3, 0.4) is 0 Å². The number of hydrogen-bond acceptors (Lipinski definition) is 5. The van der Waals surface area contributed by atoms with Gasteiger partial charge in [0.25, 0.3) is 0 Å². The maximum atomic E-state index is 12.7. The fourth-order valence-electron chi connectivity index (χ4n) is 3.07. The Hall–Kier alpha value is -3.11. The molecular formula is C22H21N5OS. The number of hydrogen-bond donors (Lipinski definition) is 1. The third kappa shape index (κ3) is 4.66. The van der Waals surface area contributed by atoms with E-state index in [2.05, 4.69) is 38.3 Å². The molecule has 1 heterocycles. The summed E-state index contributed by atoms with van der Waals surface area (Å²) in [6.45, 7) is 2.55. The molecule has 0 radical (unpaired) electrons. The summed E-state index contributed by atoms with van der Waals surface area (Å²) in [6, 6.07) is 19.2. The van der Waals surface area contributed by atoms with Gasteiger partial charge in [-0.15, -0.1) is 10.2 Å². The Balaban J connectivity index is 1.49. The summed E-state index contributed by atoms with van der Waals surface area (Å²) < 4.78 is 2.14. The Morgan fingerprint density at radius 3 is 2.76 bits per heavy atom. The van der Waals surface area contributed by atoms with Crippen molar-refractivity contribution in [2.24, 2.45) is 0 Å². The van der Waals surface area contributed by atoms with Gasteiger partial charge >= 0.3 is 0 Å². The summed E-state index contributed by atoms with van der Waals surface area (Å²) in [4.78, 5) is 12.7. The van der Waals surface area contributed by atoms with Crippen LogP contribution in [0.1, 0.15) is 42.6 Å². The number of nitriles is 1. The molecular weight excluding hydrogens is 382 g/mol. The molecule has 0 spiro atoms. The molecule has 1 amide bonds. The van der Waals surface area contributed by atoms with Crippen molar-refractivity contribution in [2.75, 3.05) is 5.32 Å². The van der Waals surface area contributed by atoms with Gasteiger partial charge in [-0.05, 0) is 43.5 Å². The Morgan fingerprint density at radius 1 is 1.24 bits per heavy atom. The summed E-state index contributed by atoms with van der Waals surface area (Å²) in [5.74, 6) is 1.34. The number of thioether (sulfide) groups is 1. The summed E-state index contributed by atoms with van der Waals surface area (Å²) in [6.07, 6.45) is 2.28. The van der Waals surface area contributed by atoms with Gasteiger partial charge in [-0.2, -0.15) is 5.26 Å². The van der Waals surface area contributed by atoms with Crippen LogP contribution in [0, 0.1) is 11.3 Å². The van der Waals surface area contributed by atoms with Crippen LogP contribution < -0.4 is 5.32 Å². The molecule has 29 heavy (non-hydrogen) atoms. The molecule has 7 heteroatoms. The third-order valence-corrected chi connectivity index (χ3v) is 5.86. The molecule has 146 valence electrons. The molecule has 1 fully saturated rings. The monoisotopic (exact) mass is 403 g/mol. The molecule has 1 aliphatic rings. The van der Waals surface area contributed by atoms with Crippen molar-refractivity contribution < 1.29 is 4.79 Å². The molecule has 4 rings (SSSR count). The maximum Gasteiger partial charge on any atom is 0.237 e. The van der Waals surface area contributed by atoms with Gasteiger partial charge in [-0.3, -0.25) is 4.79 Å². The lowest BCUT2D eigenvalue weighted by molar-refractivity contribution is -0.115. The van der Waals surface area contributed by atoms with E-state index in [0.29, 0.717) is 23.7 Å². The van der Waals surface area contributed by atoms with E-state index in [-0.39, 0.29) is 11.2 Å². The van der Waals surface area contributed by atoms with E-state index in [1.165, 1.54) is 17.3 Å². The number of nitrogens with zero attached hydrogens (tertiary/aromatic N) is 4. The van der Waals surface area contributed by atoms with Crippen LogP contribution in [0.2, 0.25) is 0 Å². The molecule has 3 aromatic rings.